The van der Waals surface area contributed by atoms with Crippen molar-refractivity contribution in [1.82, 2.24) is 40.8 Å². The van der Waals surface area contributed by atoms with Crippen molar-refractivity contribution in [2.24, 2.45) is 0 Å². The fourth-order valence-electron chi connectivity index (χ4n) is 7.65. The number of rotatable bonds is 14. The van der Waals surface area contributed by atoms with Crippen LogP contribution in [0.5, 0.6) is 5.75 Å². The number of benzene rings is 3. The molecule has 4 heterocycles. The van der Waals surface area contributed by atoms with Crippen LogP contribution in [0.25, 0.3) is 16.8 Å². The number of pyridine rings is 1. The molecule has 0 spiro atoms. The van der Waals surface area contributed by atoms with E-state index in [1.807, 2.05) is 55.5 Å². The van der Waals surface area contributed by atoms with Crippen molar-refractivity contribution in [2.75, 3.05) is 13.2 Å². The highest BCUT2D eigenvalue weighted by Gasteiger charge is 2.54. The van der Waals surface area contributed by atoms with E-state index >= 15 is 0 Å². The van der Waals surface area contributed by atoms with Gasteiger partial charge in [-0.05, 0) is 91.8 Å². The fraction of sp³-hybridized carbons (Fsp3) is 0.273. The Hall–Kier alpha value is -7.54. The molecule has 8 rings (SSSR count). The number of carbonyl (C=O) groups is 6. The topological polar surface area (TPSA) is 218 Å². The Labute approximate surface area is 343 Å². The molecule has 1 saturated heterocycles. The summed E-state index contributed by atoms with van der Waals surface area (Å²) in [4.78, 5) is 84.0. The highest BCUT2D eigenvalue weighted by molar-refractivity contribution is 6.24. The van der Waals surface area contributed by atoms with E-state index in [0.717, 1.165) is 27.3 Å². The third-order valence-corrected chi connectivity index (χ3v) is 11.0. The Morgan fingerprint density at radius 1 is 0.983 bits per heavy atom. The summed E-state index contributed by atoms with van der Waals surface area (Å²) in [5.41, 5.74) is 4.56. The van der Waals surface area contributed by atoms with Gasteiger partial charge in [-0.2, -0.15) is 5.26 Å². The lowest BCUT2D eigenvalue weighted by Crippen LogP contribution is -2.54. The molecule has 1 aliphatic carbocycles. The lowest BCUT2D eigenvalue weighted by molar-refractivity contribution is -0.136. The van der Waals surface area contributed by atoms with Crippen molar-refractivity contribution in [3.8, 4) is 28.6 Å². The maximum atomic E-state index is 13.9. The zero-order valence-corrected chi connectivity index (χ0v) is 32.5. The van der Waals surface area contributed by atoms with E-state index in [4.69, 9.17) is 10.00 Å². The first kappa shape index (κ1) is 39.3. The second-order valence-corrected chi connectivity index (χ2v) is 15.0. The summed E-state index contributed by atoms with van der Waals surface area (Å²) in [6.45, 7) is 2.12. The number of aryl methyl sites for hydroxylation is 1. The van der Waals surface area contributed by atoms with E-state index in [1.54, 1.807) is 41.3 Å². The second-order valence-electron chi connectivity index (χ2n) is 15.0. The van der Waals surface area contributed by atoms with E-state index in [2.05, 4.69) is 37.3 Å². The average Bonchev–Trinajstić information content (AvgIpc) is 3.86. The van der Waals surface area contributed by atoms with Gasteiger partial charge in [-0.25, -0.2) is 4.68 Å². The van der Waals surface area contributed by atoms with Gasteiger partial charge in [-0.1, -0.05) is 41.6 Å². The van der Waals surface area contributed by atoms with Crippen LogP contribution in [-0.4, -0.2) is 85.6 Å². The Kier molecular flexibility index (Phi) is 10.7. The minimum Gasteiger partial charge on any atom is -0.493 e. The molecular formula is C44H39N9O7. The van der Waals surface area contributed by atoms with Gasteiger partial charge in [0, 0.05) is 25.6 Å². The Morgan fingerprint density at radius 2 is 1.73 bits per heavy atom. The number of hydrogen-bond acceptors (Lipinski definition) is 11. The van der Waals surface area contributed by atoms with Crippen molar-refractivity contribution in [3.63, 3.8) is 0 Å². The Morgan fingerprint density at radius 3 is 2.43 bits per heavy atom. The summed E-state index contributed by atoms with van der Waals surface area (Å²) in [6.07, 6.45) is 4.95. The molecule has 2 aliphatic heterocycles. The molecule has 3 aliphatic rings. The standard InChI is InChI=1S/C44H39N9O7/c1-26-5-3-20-46-38(26)44(18-19-44)43(59)48-33(23-30-25-52(51-50-30)31-14-12-29(13-15-31)28-10-8-27(24-45)9-11-28)39(55)47-21-4-22-60-35-7-2-6-32-37(35)42(58)53(41(32)57)34-16-17-36(54)49-40(34)56/h2-3,5-15,20,25,33-34H,4,16-19,21-23H2,1H3,(H,47,55)(H,48,59)(H,49,54,56). The van der Waals surface area contributed by atoms with Gasteiger partial charge in [0.25, 0.3) is 11.8 Å². The number of ether oxygens (including phenoxy) is 1. The predicted molar refractivity (Wildman–Crippen MR) is 213 cm³/mol. The Balaban J connectivity index is 0.924. The summed E-state index contributed by atoms with van der Waals surface area (Å²) in [7, 11) is 0. The van der Waals surface area contributed by atoms with Gasteiger partial charge >= 0.3 is 0 Å². The number of amides is 6. The van der Waals surface area contributed by atoms with Crippen LogP contribution in [0.1, 0.15) is 75.3 Å². The number of nitrogens with one attached hydrogen (secondary N) is 3. The summed E-state index contributed by atoms with van der Waals surface area (Å²) >= 11 is 0. The number of aromatic nitrogens is 4. The molecule has 16 nitrogen and oxygen atoms in total. The van der Waals surface area contributed by atoms with Crippen LogP contribution in [0.15, 0.2) is 91.3 Å². The molecule has 1 saturated carbocycles. The number of nitriles is 1. The van der Waals surface area contributed by atoms with E-state index < -0.39 is 47.0 Å². The van der Waals surface area contributed by atoms with Crippen molar-refractivity contribution in [1.29, 1.82) is 5.26 Å². The van der Waals surface area contributed by atoms with E-state index in [0.29, 0.717) is 36.2 Å². The minimum atomic E-state index is -1.11. The smallest absolute Gasteiger partial charge is 0.266 e. The number of fused-ring (bicyclic) bond motifs is 1. The van der Waals surface area contributed by atoms with Gasteiger partial charge in [0.15, 0.2) is 0 Å². The normalized spacial score (nSPS) is 17.0. The number of piperidine rings is 1. The van der Waals surface area contributed by atoms with Crippen molar-refractivity contribution in [2.45, 2.75) is 62.9 Å². The SMILES string of the molecule is Cc1cccnc1C1(C(=O)NC(Cc2cn(-c3ccc(-c4ccc(C#N)cc4)cc3)nn2)C(=O)NCCCOc2cccc3c2C(=O)N(C2CCC(=O)NC2=O)C3=O)CC1. The van der Waals surface area contributed by atoms with Crippen LogP contribution in [-0.2, 0) is 31.0 Å². The number of carbonyl (C=O) groups excluding carboxylic acids is 6. The first-order chi connectivity index (χ1) is 29.1. The van der Waals surface area contributed by atoms with Crippen LogP contribution in [0.3, 0.4) is 0 Å². The van der Waals surface area contributed by atoms with Gasteiger partial charge in [-0.15, -0.1) is 5.10 Å². The molecule has 2 aromatic heterocycles. The van der Waals surface area contributed by atoms with E-state index in [-0.39, 0.29) is 55.2 Å². The summed E-state index contributed by atoms with van der Waals surface area (Å²) in [6, 6.07) is 23.3. The highest BCUT2D eigenvalue weighted by atomic mass is 16.5. The second kappa shape index (κ2) is 16.4. The van der Waals surface area contributed by atoms with Gasteiger partial charge in [-0.3, -0.25) is 44.0 Å². The van der Waals surface area contributed by atoms with Gasteiger partial charge in [0.1, 0.15) is 17.8 Å². The molecule has 3 N–H and O–H groups in total. The molecule has 5 aromatic rings. The monoisotopic (exact) mass is 805 g/mol. The fourth-order valence-corrected chi connectivity index (χ4v) is 7.65. The maximum Gasteiger partial charge on any atom is 0.266 e. The number of nitrogens with zero attached hydrogens (tertiary/aromatic N) is 6. The first-order valence-corrected chi connectivity index (χ1v) is 19.6. The maximum absolute atomic E-state index is 13.9. The molecule has 6 amide bonds. The highest BCUT2D eigenvalue weighted by Crippen LogP contribution is 2.48. The van der Waals surface area contributed by atoms with Crippen molar-refractivity contribution in [3.05, 3.63) is 125 Å². The zero-order valence-electron chi connectivity index (χ0n) is 32.5. The number of imide groups is 2. The average molecular weight is 806 g/mol. The van der Waals surface area contributed by atoms with E-state index in [9.17, 15) is 28.8 Å². The molecule has 3 aromatic carbocycles. The van der Waals surface area contributed by atoms with Crippen LogP contribution in [0.4, 0.5) is 0 Å². The zero-order chi connectivity index (χ0) is 42.0. The molecule has 16 heteroatoms. The molecule has 2 atom stereocenters. The van der Waals surface area contributed by atoms with E-state index in [1.165, 1.54) is 6.07 Å². The molecule has 302 valence electrons. The molecule has 60 heavy (non-hydrogen) atoms. The third kappa shape index (κ3) is 7.72. The first-order valence-electron chi connectivity index (χ1n) is 19.6. The van der Waals surface area contributed by atoms with Crippen molar-refractivity contribution >= 4 is 35.4 Å². The number of hydrogen-bond donors (Lipinski definition) is 3. The molecule has 0 bridgehead atoms. The third-order valence-electron chi connectivity index (χ3n) is 11.0. The van der Waals surface area contributed by atoms with Crippen LogP contribution >= 0.6 is 0 Å². The molecule has 0 radical (unpaired) electrons. The van der Waals surface area contributed by atoms with Gasteiger partial charge < -0.3 is 15.4 Å². The predicted octanol–water partition coefficient (Wildman–Crippen LogP) is 3.26. The summed E-state index contributed by atoms with van der Waals surface area (Å²) < 4.78 is 7.53. The minimum absolute atomic E-state index is 0.00559. The van der Waals surface area contributed by atoms with Gasteiger partial charge in [0.2, 0.25) is 23.6 Å². The van der Waals surface area contributed by atoms with Crippen molar-refractivity contribution < 1.29 is 33.5 Å². The lowest BCUT2D eigenvalue weighted by Gasteiger charge is -2.27. The Bertz CT molecular complexity index is 2580. The largest absolute Gasteiger partial charge is 0.493 e. The van der Waals surface area contributed by atoms with Crippen LogP contribution in [0, 0.1) is 18.3 Å². The van der Waals surface area contributed by atoms with Gasteiger partial charge in [0.05, 0.1) is 58.1 Å². The summed E-state index contributed by atoms with van der Waals surface area (Å²) in [5.74, 6) is -3.08. The molecule has 2 fully saturated rings. The molecular weight excluding hydrogens is 767 g/mol. The lowest BCUT2D eigenvalue weighted by atomic mass is 9.96. The summed E-state index contributed by atoms with van der Waals surface area (Å²) in [5, 5.41) is 25.8. The van der Waals surface area contributed by atoms with Crippen LogP contribution in [0.2, 0.25) is 0 Å². The quantitative estimate of drug-likeness (QED) is 0.109. The molecule has 2 unspecified atom stereocenters. The van der Waals surface area contributed by atoms with Crippen LogP contribution < -0.4 is 20.7 Å².